The Balaban J connectivity index is 1.74. The van der Waals surface area contributed by atoms with E-state index in [0.29, 0.717) is 17.9 Å². The van der Waals surface area contributed by atoms with E-state index in [1.165, 1.54) is 17.2 Å². The number of allylic oxidation sites excluding steroid dienone is 2. The summed E-state index contributed by atoms with van der Waals surface area (Å²) < 4.78 is 6.38. The molecule has 1 amide bonds. The van der Waals surface area contributed by atoms with Crippen molar-refractivity contribution in [1.29, 1.82) is 0 Å². The number of nitrogens with zero attached hydrogens (tertiary/aromatic N) is 2. The lowest BCUT2D eigenvalue weighted by atomic mass is 9.94. The Bertz CT molecular complexity index is 813. The molecule has 0 saturated carbocycles. The van der Waals surface area contributed by atoms with Gasteiger partial charge in [0.1, 0.15) is 11.9 Å². The van der Waals surface area contributed by atoms with Gasteiger partial charge in [-0.3, -0.25) is 9.69 Å². The first-order valence-electron chi connectivity index (χ1n) is 10.5. The van der Waals surface area contributed by atoms with Crippen molar-refractivity contribution in [2.75, 3.05) is 26.2 Å². The van der Waals surface area contributed by atoms with Gasteiger partial charge >= 0.3 is 0 Å². The van der Waals surface area contributed by atoms with Crippen LogP contribution in [-0.4, -0.2) is 64.2 Å². The number of hydrogen-bond donors (Lipinski definition) is 2. The van der Waals surface area contributed by atoms with Crippen molar-refractivity contribution in [3.05, 3.63) is 65.8 Å². The van der Waals surface area contributed by atoms with Crippen molar-refractivity contribution in [2.24, 2.45) is 0 Å². The van der Waals surface area contributed by atoms with Crippen LogP contribution in [0.5, 0.6) is 5.75 Å². The molecule has 1 unspecified atom stereocenters. The van der Waals surface area contributed by atoms with Gasteiger partial charge in [0.05, 0.1) is 0 Å². The third-order valence-electron chi connectivity index (χ3n) is 5.83. The Morgan fingerprint density at radius 3 is 2.53 bits per heavy atom. The fourth-order valence-corrected chi connectivity index (χ4v) is 4.16. The summed E-state index contributed by atoms with van der Waals surface area (Å²) in [5, 5.41) is 18.6. The molecule has 0 bridgehead atoms. The first-order valence-corrected chi connectivity index (χ1v) is 10.5. The summed E-state index contributed by atoms with van der Waals surface area (Å²) in [7, 11) is 0. The maximum absolute atomic E-state index is 12.0. The van der Waals surface area contributed by atoms with Crippen LogP contribution in [0.4, 0.5) is 0 Å². The lowest BCUT2D eigenvalue weighted by Crippen LogP contribution is -2.55. The zero-order valence-electron chi connectivity index (χ0n) is 17.8. The maximum atomic E-state index is 12.0. The van der Waals surface area contributed by atoms with Gasteiger partial charge in [-0.25, -0.2) is 0 Å². The van der Waals surface area contributed by atoms with Crippen LogP contribution in [0.25, 0.3) is 0 Å². The third-order valence-corrected chi connectivity index (χ3v) is 5.83. The number of ether oxygens (including phenoxy) is 1. The smallest absolute Gasteiger partial charge is 0.246 e. The Morgan fingerprint density at radius 2 is 1.93 bits per heavy atom. The maximum Gasteiger partial charge on any atom is 0.246 e. The van der Waals surface area contributed by atoms with E-state index in [0.717, 1.165) is 32.5 Å². The minimum absolute atomic E-state index is 0.0186. The highest BCUT2D eigenvalue weighted by molar-refractivity contribution is 5.87. The average molecular weight is 413 g/mol. The van der Waals surface area contributed by atoms with E-state index in [9.17, 15) is 15.0 Å². The summed E-state index contributed by atoms with van der Waals surface area (Å²) in [5.41, 5.74) is 2.87. The molecule has 2 N–H and O–H groups in total. The minimum Gasteiger partial charge on any atom is -0.484 e. The second-order valence-corrected chi connectivity index (χ2v) is 8.02. The Kier molecular flexibility index (Phi) is 7.48. The molecule has 1 aromatic carbocycles. The highest BCUT2D eigenvalue weighted by atomic mass is 16.5. The molecule has 1 saturated heterocycles. The van der Waals surface area contributed by atoms with E-state index in [-0.39, 0.29) is 18.1 Å². The summed E-state index contributed by atoms with van der Waals surface area (Å²) >= 11 is 0. The quantitative estimate of drug-likeness (QED) is 0.532. The molecular weight excluding hydrogens is 380 g/mol. The first-order chi connectivity index (χ1) is 14.4. The van der Waals surface area contributed by atoms with Crippen molar-refractivity contribution >= 4 is 5.91 Å². The molecule has 30 heavy (non-hydrogen) atoms. The van der Waals surface area contributed by atoms with E-state index in [2.05, 4.69) is 37.5 Å². The lowest BCUT2D eigenvalue weighted by Gasteiger charge is -2.41. The van der Waals surface area contributed by atoms with E-state index >= 15 is 0 Å². The summed E-state index contributed by atoms with van der Waals surface area (Å²) in [6.07, 6.45) is 6.31. The number of hydrogen-bond acceptors (Lipinski definition) is 5. The van der Waals surface area contributed by atoms with E-state index < -0.39 is 6.29 Å². The first kappa shape index (κ1) is 22.3. The van der Waals surface area contributed by atoms with Crippen LogP contribution in [0.3, 0.4) is 0 Å². The molecule has 162 valence electrons. The van der Waals surface area contributed by atoms with Crippen LogP contribution in [0, 0.1) is 0 Å². The minimum atomic E-state index is -1.49. The van der Waals surface area contributed by atoms with Gasteiger partial charge in [-0.2, -0.15) is 0 Å². The van der Waals surface area contributed by atoms with Crippen LogP contribution in [0.1, 0.15) is 38.5 Å². The molecule has 3 rings (SSSR count). The van der Waals surface area contributed by atoms with E-state index in [4.69, 9.17) is 4.74 Å². The fourth-order valence-electron chi connectivity index (χ4n) is 4.16. The van der Waals surface area contributed by atoms with Crippen LogP contribution in [0.2, 0.25) is 0 Å². The number of amides is 1. The lowest BCUT2D eigenvalue weighted by molar-refractivity contribution is -0.130. The number of rotatable bonds is 7. The molecule has 2 atom stereocenters. The van der Waals surface area contributed by atoms with Crippen LogP contribution in [0.15, 0.2) is 60.2 Å². The molecule has 1 aromatic rings. The highest BCUT2D eigenvalue weighted by Crippen LogP contribution is 2.27. The van der Waals surface area contributed by atoms with Crippen LogP contribution in [-0.2, 0) is 4.79 Å². The number of carbonyl (C=O) groups is 1. The van der Waals surface area contributed by atoms with Crippen molar-refractivity contribution in [1.82, 2.24) is 9.80 Å². The van der Waals surface area contributed by atoms with Crippen molar-refractivity contribution in [2.45, 2.75) is 45.1 Å². The monoisotopic (exact) mass is 412 g/mol. The Hall–Kier alpha value is -2.41. The predicted molar refractivity (Wildman–Crippen MR) is 117 cm³/mol. The highest BCUT2D eigenvalue weighted by Gasteiger charge is 2.29. The molecule has 2 aliphatic rings. The Labute approximate surface area is 178 Å². The largest absolute Gasteiger partial charge is 0.484 e. The fraction of sp³-hybridized carbons (Fsp3) is 0.458. The molecule has 0 aromatic heterocycles. The standard InChI is InChI=1S/C24H32N2O4/c1-4-23(27)26-14-13-25(15-18(26)3)16-22(21-8-6-5-7-17(21)2)30-20-11-9-19(10-12-20)24(28)29/h4,7-12,18,22,24,28-29H,1,5-6,13-16H2,2-3H3/t18-,22?/m1/s1. The normalized spacial score (nSPS) is 21.1. The molecule has 1 heterocycles. The zero-order chi connectivity index (χ0) is 21.7. The number of piperazine rings is 1. The van der Waals surface area contributed by atoms with Crippen LogP contribution < -0.4 is 4.74 Å². The van der Waals surface area contributed by atoms with Gasteiger partial charge in [0.15, 0.2) is 6.29 Å². The molecule has 0 spiro atoms. The van der Waals surface area contributed by atoms with Crippen molar-refractivity contribution < 1.29 is 19.7 Å². The SMILES string of the molecule is C=CC(=O)N1CCN(CC(Oc2ccc(C(O)O)cc2)C2=CCCC=C2C)C[C@H]1C. The van der Waals surface area contributed by atoms with Gasteiger partial charge in [-0.15, -0.1) is 0 Å². The van der Waals surface area contributed by atoms with Crippen molar-refractivity contribution in [3.63, 3.8) is 0 Å². The Morgan fingerprint density at radius 1 is 1.23 bits per heavy atom. The third kappa shape index (κ3) is 5.39. The topological polar surface area (TPSA) is 73.2 Å². The molecule has 0 radical (unpaired) electrons. The zero-order valence-corrected chi connectivity index (χ0v) is 17.8. The van der Waals surface area contributed by atoms with Gasteiger partial charge in [-0.05, 0) is 56.0 Å². The van der Waals surface area contributed by atoms with Crippen LogP contribution >= 0.6 is 0 Å². The second kappa shape index (κ2) is 10.1. The molecule has 6 nitrogen and oxygen atoms in total. The predicted octanol–water partition coefficient (Wildman–Crippen LogP) is 2.80. The average Bonchev–Trinajstić information content (AvgIpc) is 2.73. The van der Waals surface area contributed by atoms with E-state index in [1.54, 1.807) is 24.3 Å². The molecule has 6 heteroatoms. The number of aliphatic hydroxyl groups is 2. The number of aliphatic hydroxyl groups excluding tert-OH is 1. The van der Waals surface area contributed by atoms with Gasteiger partial charge in [0, 0.05) is 37.8 Å². The van der Waals surface area contributed by atoms with E-state index in [1.807, 2.05) is 4.90 Å². The van der Waals surface area contributed by atoms with Gasteiger partial charge in [0.25, 0.3) is 0 Å². The van der Waals surface area contributed by atoms with Gasteiger partial charge in [-0.1, -0.05) is 30.9 Å². The molecular formula is C24H32N2O4. The second-order valence-electron chi connectivity index (χ2n) is 8.02. The summed E-state index contributed by atoms with van der Waals surface area (Å²) in [4.78, 5) is 16.2. The van der Waals surface area contributed by atoms with Crippen molar-refractivity contribution in [3.8, 4) is 5.75 Å². The number of carbonyl (C=O) groups excluding carboxylic acids is 1. The molecule has 1 fully saturated rings. The summed E-state index contributed by atoms with van der Waals surface area (Å²) in [6, 6.07) is 6.99. The molecule has 1 aliphatic heterocycles. The summed E-state index contributed by atoms with van der Waals surface area (Å²) in [6.45, 7) is 10.8. The van der Waals surface area contributed by atoms with Gasteiger partial charge < -0.3 is 19.8 Å². The number of benzene rings is 1. The molecule has 1 aliphatic carbocycles. The summed E-state index contributed by atoms with van der Waals surface area (Å²) in [5.74, 6) is 0.673. The van der Waals surface area contributed by atoms with Gasteiger partial charge in [0.2, 0.25) is 5.91 Å².